The second-order valence-electron chi connectivity index (χ2n) is 8.71. The number of piperidine rings is 1. The summed E-state index contributed by atoms with van der Waals surface area (Å²) in [6.45, 7) is 6.46. The van der Waals surface area contributed by atoms with Gasteiger partial charge in [-0.1, -0.05) is 6.07 Å². The highest BCUT2D eigenvalue weighted by Gasteiger charge is 2.33. The van der Waals surface area contributed by atoms with Gasteiger partial charge in [0, 0.05) is 31.0 Å². The van der Waals surface area contributed by atoms with Crippen LogP contribution in [0.25, 0.3) is 5.82 Å². The topological polar surface area (TPSA) is 94.4 Å². The number of benzene rings is 1. The third-order valence-electron chi connectivity index (χ3n) is 6.53. The van der Waals surface area contributed by atoms with Crippen LogP contribution in [0.4, 0.5) is 11.6 Å². The lowest BCUT2D eigenvalue weighted by molar-refractivity contribution is -0.116. The molecule has 34 heavy (non-hydrogen) atoms. The Hall–Kier alpha value is -3.62. The Bertz CT molecular complexity index is 1180. The number of ether oxygens (including phenoxy) is 2. The standard InChI is InChI=1S/C25H30N6O3/c1-4-34-19-9-8-17(14-20(19)33-3)18-15-23(32)26-25-24(18)16(2)29-31(25)22-11-10-21(27-28-22)30-12-6-5-7-13-30/h8-11,14,18H,4-7,12-13,15H2,1-3H3,(H,26,32). The lowest BCUT2D eigenvalue weighted by Crippen LogP contribution is -2.30. The van der Waals surface area contributed by atoms with Crippen molar-refractivity contribution in [2.45, 2.75) is 45.4 Å². The Kier molecular flexibility index (Phi) is 6.08. The van der Waals surface area contributed by atoms with Crippen molar-refractivity contribution in [3.05, 3.63) is 47.2 Å². The van der Waals surface area contributed by atoms with Gasteiger partial charge in [0.05, 0.1) is 19.4 Å². The molecule has 0 radical (unpaired) electrons. The van der Waals surface area contributed by atoms with E-state index in [1.54, 1.807) is 11.8 Å². The fourth-order valence-corrected chi connectivity index (χ4v) is 4.90. The molecule has 9 heteroatoms. The van der Waals surface area contributed by atoms with Gasteiger partial charge < -0.3 is 19.7 Å². The van der Waals surface area contributed by atoms with Crippen molar-refractivity contribution in [1.82, 2.24) is 20.0 Å². The monoisotopic (exact) mass is 462 g/mol. The number of aryl methyl sites for hydroxylation is 1. The first kappa shape index (κ1) is 22.2. The van der Waals surface area contributed by atoms with Gasteiger partial charge in [-0.25, -0.2) is 0 Å². The maximum atomic E-state index is 12.7. The van der Waals surface area contributed by atoms with Crippen LogP contribution in [0.1, 0.15) is 55.3 Å². The third-order valence-corrected chi connectivity index (χ3v) is 6.53. The maximum absolute atomic E-state index is 12.7. The molecule has 0 spiro atoms. The normalized spacial score (nSPS) is 17.8. The fourth-order valence-electron chi connectivity index (χ4n) is 4.90. The van der Waals surface area contributed by atoms with Crippen molar-refractivity contribution in [1.29, 1.82) is 0 Å². The molecule has 0 bridgehead atoms. The molecular weight excluding hydrogens is 432 g/mol. The smallest absolute Gasteiger partial charge is 0.226 e. The van der Waals surface area contributed by atoms with E-state index in [2.05, 4.69) is 20.4 Å². The van der Waals surface area contributed by atoms with Crippen LogP contribution in [-0.4, -0.2) is 52.7 Å². The van der Waals surface area contributed by atoms with E-state index in [4.69, 9.17) is 14.6 Å². The van der Waals surface area contributed by atoms with Gasteiger partial charge in [-0.2, -0.15) is 9.78 Å². The van der Waals surface area contributed by atoms with Crippen molar-refractivity contribution in [3.8, 4) is 17.3 Å². The number of anilines is 2. The molecule has 5 rings (SSSR count). The average molecular weight is 463 g/mol. The molecule has 0 saturated carbocycles. The number of hydrogen-bond acceptors (Lipinski definition) is 7. The molecule has 4 heterocycles. The summed E-state index contributed by atoms with van der Waals surface area (Å²) in [7, 11) is 1.62. The summed E-state index contributed by atoms with van der Waals surface area (Å²) in [5.41, 5.74) is 2.80. The summed E-state index contributed by atoms with van der Waals surface area (Å²) in [5.74, 6) is 3.22. The summed E-state index contributed by atoms with van der Waals surface area (Å²) in [6.07, 6.45) is 3.95. The van der Waals surface area contributed by atoms with Gasteiger partial charge in [0.2, 0.25) is 5.91 Å². The molecule has 3 aromatic rings. The van der Waals surface area contributed by atoms with Crippen molar-refractivity contribution >= 4 is 17.5 Å². The Morgan fingerprint density at radius 2 is 1.82 bits per heavy atom. The second kappa shape index (κ2) is 9.32. The fraction of sp³-hybridized carbons (Fsp3) is 0.440. The van der Waals surface area contributed by atoms with Crippen LogP contribution in [-0.2, 0) is 4.79 Å². The number of nitrogens with zero attached hydrogens (tertiary/aromatic N) is 5. The van der Waals surface area contributed by atoms with Crippen molar-refractivity contribution in [3.63, 3.8) is 0 Å². The van der Waals surface area contributed by atoms with Gasteiger partial charge in [0.25, 0.3) is 0 Å². The van der Waals surface area contributed by atoms with E-state index in [0.717, 1.165) is 35.7 Å². The molecule has 1 fully saturated rings. The number of fused-ring (bicyclic) bond motifs is 1. The molecule has 1 amide bonds. The summed E-state index contributed by atoms with van der Waals surface area (Å²) < 4.78 is 12.9. The lowest BCUT2D eigenvalue weighted by Gasteiger charge is -2.27. The summed E-state index contributed by atoms with van der Waals surface area (Å²) >= 11 is 0. The predicted octanol–water partition coefficient (Wildman–Crippen LogP) is 3.84. The van der Waals surface area contributed by atoms with Crippen LogP contribution in [0.5, 0.6) is 11.5 Å². The van der Waals surface area contributed by atoms with Crippen LogP contribution in [0.3, 0.4) is 0 Å². The van der Waals surface area contributed by atoms with Crippen molar-refractivity contribution < 1.29 is 14.3 Å². The molecule has 1 atom stereocenters. The summed E-state index contributed by atoms with van der Waals surface area (Å²) in [4.78, 5) is 15.0. The number of carbonyl (C=O) groups is 1. The van der Waals surface area contributed by atoms with Gasteiger partial charge >= 0.3 is 0 Å². The van der Waals surface area contributed by atoms with Gasteiger partial charge in [-0.3, -0.25) is 4.79 Å². The molecule has 9 nitrogen and oxygen atoms in total. The van der Waals surface area contributed by atoms with E-state index >= 15 is 0 Å². The number of methoxy groups -OCH3 is 1. The number of carbonyl (C=O) groups excluding carboxylic acids is 1. The molecule has 0 aliphatic carbocycles. The number of rotatable bonds is 6. The second-order valence-corrected chi connectivity index (χ2v) is 8.71. The molecule has 1 aromatic carbocycles. The Balaban J connectivity index is 1.50. The molecule has 1 N–H and O–H groups in total. The van der Waals surface area contributed by atoms with Crippen LogP contribution in [0.2, 0.25) is 0 Å². The van der Waals surface area contributed by atoms with Gasteiger partial charge in [0.15, 0.2) is 23.1 Å². The van der Waals surface area contributed by atoms with E-state index < -0.39 is 0 Å². The van der Waals surface area contributed by atoms with Gasteiger partial charge in [-0.15, -0.1) is 10.2 Å². The first-order valence-electron chi connectivity index (χ1n) is 11.9. The number of nitrogens with one attached hydrogen (secondary N) is 1. The number of hydrogen-bond donors (Lipinski definition) is 1. The quantitative estimate of drug-likeness (QED) is 0.595. The van der Waals surface area contributed by atoms with Crippen LogP contribution in [0.15, 0.2) is 30.3 Å². The zero-order valence-electron chi connectivity index (χ0n) is 19.9. The number of aromatic nitrogens is 4. The summed E-state index contributed by atoms with van der Waals surface area (Å²) in [6, 6.07) is 9.73. The Morgan fingerprint density at radius 1 is 1.06 bits per heavy atom. The predicted molar refractivity (Wildman–Crippen MR) is 129 cm³/mol. The minimum Gasteiger partial charge on any atom is -0.493 e. The largest absolute Gasteiger partial charge is 0.493 e. The van der Waals surface area contributed by atoms with Crippen LogP contribution < -0.4 is 19.7 Å². The van der Waals surface area contributed by atoms with Gasteiger partial charge in [0.1, 0.15) is 5.82 Å². The van der Waals surface area contributed by atoms with Crippen LogP contribution in [0, 0.1) is 6.92 Å². The van der Waals surface area contributed by atoms with E-state index in [0.29, 0.717) is 36.2 Å². The van der Waals surface area contributed by atoms with E-state index in [1.807, 2.05) is 44.2 Å². The van der Waals surface area contributed by atoms with Gasteiger partial charge in [-0.05, 0) is 62.9 Å². The highest BCUT2D eigenvalue weighted by atomic mass is 16.5. The van der Waals surface area contributed by atoms with Crippen LogP contribution >= 0.6 is 0 Å². The van der Waals surface area contributed by atoms with E-state index in [9.17, 15) is 4.79 Å². The molecule has 2 aliphatic rings. The molecule has 2 aromatic heterocycles. The minimum absolute atomic E-state index is 0.0654. The zero-order chi connectivity index (χ0) is 23.7. The number of amides is 1. The first-order chi connectivity index (χ1) is 16.6. The molecule has 2 aliphatic heterocycles. The Labute approximate surface area is 199 Å². The summed E-state index contributed by atoms with van der Waals surface area (Å²) in [5, 5.41) is 16.7. The SMILES string of the molecule is CCOc1ccc(C2CC(=O)Nc3c2c(C)nn3-c2ccc(N3CCCCC3)nn2)cc1OC. The van der Waals surface area contributed by atoms with E-state index in [1.165, 1.54) is 19.3 Å². The van der Waals surface area contributed by atoms with E-state index in [-0.39, 0.29) is 11.8 Å². The highest BCUT2D eigenvalue weighted by molar-refractivity contribution is 5.95. The first-order valence-corrected chi connectivity index (χ1v) is 11.9. The molecule has 1 unspecified atom stereocenters. The lowest BCUT2D eigenvalue weighted by atomic mass is 9.85. The molecular formula is C25H30N6O3. The Morgan fingerprint density at radius 3 is 2.53 bits per heavy atom. The van der Waals surface area contributed by atoms with Crippen molar-refractivity contribution in [2.24, 2.45) is 0 Å². The minimum atomic E-state index is -0.150. The molecule has 178 valence electrons. The highest BCUT2D eigenvalue weighted by Crippen LogP contribution is 2.42. The maximum Gasteiger partial charge on any atom is 0.226 e. The average Bonchev–Trinajstić information content (AvgIpc) is 3.20. The zero-order valence-corrected chi connectivity index (χ0v) is 19.9. The third kappa shape index (κ3) is 4.06. The molecule has 1 saturated heterocycles. The van der Waals surface area contributed by atoms with Crippen molar-refractivity contribution in [2.75, 3.05) is 37.0 Å².